The Morgan fingerprint density at radius 1 is 1.47 bits per heavy atom. The van der Waals surface area contributed by atoms with Gasteiger partial charge in [-0.25, -0.2) is 4.39 Å². The molecule has 1 aliphatic heterocycles. The van der Waals surface area contributed by atoms with Crippen LogP contribution >= 0.6 is 15.9 Å². The Bertz CT molecular complexity index is 380. The predicted molar refractivity (Wildman–Crippen MR) is 72.4 cm³/mol. The Balaban J connectivity index is 2.02. The van der Waals surface area contributed by atoms with Crippen LogP contribution in [0.1, 0.15) is 31.7 Å². The van der Waals surface area contributed by atoms with Crippen LogP contribution in [0.25, 0.3) is 0 Å². The van der Waals surface area contributed by atoms with E-state index in [1.165, 1.54) is 25.3 Å². The van der Waals surface area contributed by atoms with Crippen molar-refractivity contribution in [3.63, 3.8) is 0 Å². The van der Waals surface area contributed by atoms with Crippen LogP contribution in [-0.2, 0) is 6.54 Å². The van der Waals surface area contributed by atoms with Crippen LogP contribution in [-0.4, -0.2) is 18.0 Å². The Kier molecular flexibility index (Phi) is 4.57. The van der Waals surface area contributed by atoms with Gasteiger partial charge < -0.3 is 0 Å². The highest BCUT2D eigenvalue weighted by atomic mass is 79.9. The molecular formula is C14H19BrFN. The maximum absolute atomic E-state index is 13.4. The van der Waals surface area contributed by atoms with Crippen molar-refractivity contribution in [2.24, 2.45) is 5.92 Å². The molecule has 2 rings (SSSR count). The van der Waals surface area contributed by atoms with Crippen LogP contribution in [0.15, 0.2) is 22.7 Å². The van der Waals surface area contributed by atoms with E-state index in [1.54, 1.807) is 6.07 Å². The lowest BCUT2D eigenvalue weighted by atomic mass is 9.95. The molecule has 1 nitrogen and oxygen atoms in total. The van der Waals surface area contributed by atoms with Gasteiger partial charge in [0, 0.05) is 13.1 Å². The lowest BCUT2D eigenvalue weighted by Crippen LogP contribution is -2.34. The van der Waals surface area contributed by atoms with Crippen molar-refractivity contribution in [1.82, 2.24) is 4.90 Å². The molecule has 0 radical (unpaired) electrons. The summed E-state index contributed by atoms with van der Waals surface area (Å²) in [6, 6.07) is 5.29. The van der Waals surface area contributed by atoms with Crippen molar-refractivity contribution in [2.45, 2.75) is 32.7 Å². The second kappa shape index (κ2) is 5.96. The van der Waals surface area contributed by atoms with Gasteiger partial charge in [-0.3, -0.25) is 4.90 Å². The number of nitrogens with zero attached hydrogens (tertiary/aromatic N) is 1. The summed E-state index contributed by atoms with van der Waals surface area (Å²) < 4.78 is 14.0. The first kappa shape index (κ1) is 13.0. The van der Waals surface area contributed by atoms with E-state index in [2.05, 4.69) is 27.8 Å². The number of piperidine rings is 1. The predicted octanol–water partition coefficient (Wildman–Crippen LogP) is 4.21. The van der Waals surface area contributed by atoms with E-state index in [1.807, 2.05) is 6.07 Å². The number of hydrogen-bond acceptors (Lipinski definition) is 1. The quantitative estimate of drug-likeness (QED) is 0.808. The molecule has 1 fully saturated rings. The Morgan fingerprint density at radius 2 is 2.29 bits per heavy atom. The minimum atomic E-state index is -0.161. The number of rotatable bonds is 3. The van der Waals surface area contributed by atoms with Crippen molar-refractivity contribution in [1.29, 1.82) is 0 Å². The van der Waals surface area contributed by atoms with Gasteiger partial charge in [-0.2, -0.15) is 0 Å². The van der Waals surface area contributed by atoms with Crippen LogP contribution in [0.5, 0.6) is 0 Å². The molecule has 1 aromatic rings. The third-order valence-electron chi connectivity index (χ3n) is 3.61. The van der Waals surface area contributed by atoms with Crippen LogP contribution in [0.4, 0.5) is 4.39 Å². The van der Waals surface area contributed by atoms with E-state index in [0.29, 0.717) is 4.47 Å². The number of hydrogen-bond donors (Lipinski definition) is 0. The van der Waals surface area contributed by atoms with Gasteiger partial charge in [0.05, 0.1) is 4.47 Å². The normalized spacial score (nSPS) is 21.7. The molecule has 1 saturated heterocycles. The fraction of sp³-hybridized carbons (Fsp3) is 0.571. The zero-order valence-corrected chi connectivity index (χ0v) is 11.8. The van der Waals surface area contributed by atoms with Gasteiger partial charge >= 0.3 is 0 Å². The molecule has 1 aromatic carbocycles. The fourth-order valence-corrected chi connectivity index (χ4v) is 2.93. The van der Waals surface area contributed by atoms with E-state index in [-0.39, 0.29) is 5.82 Å². The number of halogens is 2. The second-order valence-corrected chi connectivity index (χ2v) is 5.66. The molecule has 0 amide bonds. The molecule has 1 heterocycles. The molecule has 0 N–H and O–H groups in total. The lowest BCUT2D eigenvalue weighted by molar-refractivity contribution is 0.164. The molecule has 1 unspecified atom stereocenters. The average Bonchev–Trinajstić information content (AvgIpc) is 2.35. The van der Waals surface area contributed by atoms with E-state index in [9.17, 15) is 4.39 Å². The van der Waals surface area contributed by atoms with Crippen molar-refractivity contribution >= 4 is 15.9 Å². The summed E-state index contributed by atoms with van der Waals surface area (Å²) in [5.41, 5.74) is 1.06. The van der Waals surface area contributed by atoms with E-state index < -0.39 is 0 Å². The molecule has 0 saturated carbocycles. The molecule has 0 aliphatic carbocycles. The van der Waals surface area contributed by atoms with Crippen LogP contribution < -0.4 is 0 Å². The highest BCUT2D eigenvalue weighted by molar-refractivity contribution is 9.10. The zero-order valence-electron chi connectivity index (χ0n) is 10.3. The van der Waals surface area contributed by atoms with Gasteiger partial charge in [0.1, 0.15) is 5.82 Å². The minimum absolute atomic E-state index is 0.161. The highest BCUT2D eigenvalue weighted by Gasteiger charge is 2.19. The summed E-state index contributed by atoms with van der Waals surface area (Å²) in [5.74, 6) is 0.655. The van der Waals surface area contributed by atoms with Crippen molar-refractivity contribution in [3.8, 4) is 0 Å². The van der Waals surface area contributed by atoms with Gasteiger partial charge in [-0.05, 0) is 52.9 Å². The summed E-state index contributed by atoms with van der Waals surface area (Å²) in [4.78, 5) is 2.44. The smallest absolute Gasteiger partial charge is 0.137 e. The topological polar surface area (TPSA) is 3.24 Å². The van der Waals surface area contributed by atoms with Crippen molar-refractivity contribution in [2.75, 3.05) is 13.1 Å². The summed E-state index contributed by atoms with van der Waals surface area (Å²) in [6.07, 6.45) is 3.86. The molecule has 1 aliphatic rings. The van der Waals surface area contributed by atoms with Gasteiger partial charge in [0.25, 0.3) is 0 Å². The largest absolute Gasteiger partial charge is 0.299 e. The number of likely N-dealkylation sites (tertiary alicyclic amines) is 1. The van der Waals surface area contributed by atoms with Crippen molar-refractivity contribution in [3.05, 3.63) is 34.1 Å². The van der Waals surface area contributed by atoms with Gasteiger partial charge in [-0.1, -0.05) is 25.5 Å². The molecule has 3 heteroatoms. The van der Waals surface area contributed by atoms with Crippen LogP contribution in [0.2, 0.25) is 0 Å². The Labute approximate surface area is 111 Å². The lowest BCUT2D eigenvalue weighted by Gasteiger charge is -2.32. The molecule has 1 atom stereocenters. The maximum atomic E-state index is 13.4. The Hall–Kier alpha value is -0.410. The van der Waals surface area contributed by atoms with E-state index in [0.717, 1.165) is 31.1 Å². The fourth-order valence-electron chi connectivity index (χ4n) is 2.54. The molecule has 94 valence electrons. The summed E-state index contributed by atoms with van der Waals surface area (Å²) in [7, 11) is 0. The zero-order chi connectivity index (χ0) is 12.3. The maximum Gasteiger partial charge on any atom is 0.137 e. The van der Waals surface area contributed by atoms with Crippen LogP contribution in [0.3, 0.4) is 0 Å². The summed E-state index contributed by atoms with van der Waals surface area (Å²) >= 11 is 3.34. The molecule has 0 spiro atoms. The molecule has 0 aromatic heterocycles. The van der Waals surface area contributed by atoms with E-state index in [4.69, 9.17) is 0 Å². The Morgan fingerprint density at radius 3 is 3.06 bits per heavy atom. The summed E-state index contributed by atoms with van der Waals surface area (Å²) in [6.45, 7) is 5.40. The highest BCUT2D eigenvalue weighted by Crippen LogP contribution is 2.25. The third kappa shape index (κ3) is 3.29. The first-order chi connectivity index (χ1) is 8.20. The van der Waals surface area contributed by atoms with Gasteiger partial charge in [-0.15, -0.1) is 0 Å². The SMILES string of the molecule is CCC1CCCN(Cc2cccc(F)c2Br)C1. The van der Waals surface area contributed by atoms with E-state index >= 15 is 0 Å². The monoisotopic (exact) mass is 299 g/mol. The molecule has 0 bridgehead atoms. The van der Waals surface area contributed by atoms with Gasteiger partial charge in [0.15, 0.2) is 0 Å². The molecular weight excluding hydrogens is 281 g/mol. The minimum Gasteiger partial charge on any atom is -0.299 e. The second-order valence-electron chi connectivity index (χ2n) is 4.86. The van der Waals surface area contributed by atoms with Gasteiger partial charge in [0.2, 0.25) is 0 Å². The first-order valence-electron chi connectivity index (χ1n) is 6.36. The van der Waals surface area contributed by atoms with Crippen LogP contribution in [0, 0.1) is 11.7 Å². The first-order valence-corrected chi connectivity index (χ1v) is 7.15. The summed E-state index contributed by atoms with van der Waals surface area (Å²) in [5, 5.41) is 0. The van der Waals surface area contributed by atoms with Crippen molar-refractivity contribution < 1.29 is 4.39 Å². The number of benzene rings is 1. The average molecular weight is 300 g/mol. The molecule has 17 heavy (non-hydrogen) atoms. The standard InChI is InChI=1S/C14H19BrFN/c1-2-11-5-4-8-17(9-11)10-12-6-3-7-13(16)14(12)15/h3,6-7,11H,2,4-5,8-10H2,1H3. The third-order valence-corrected chi connectivity index (χ3v) is 4.49.